The van der Waals surface area contributed by atoms with Crippen LogP contribution in [0.15, 0.2) is 12.1 Å². The Morgan fingerprint density at radius 3 is 2.60 bits per heavy atom. The second kappa shape index (κ2) is 6.19. The van der Waals surface area contributed by atoms with E-state index in [0.29, 0.717) is 18.4 Å². The highest BCUT2D eigenvalue weighted by Crippen LogP contribution is 2.42. The molecule has 2 aliphatic heterocycles. The lowest BCUT2D eigenvalue weighted by molar-refractivity contribution is -0.190. The number of benzene rings is 1. The summed E-state index contributed by atoms with van der Waals surface area (Å²) >= 11 is 5.25. The van der Waals surface area contributed by atoms with Crippen LogP contribution in [0.4, 0.5) is 24.5 Å². The number of halogens is 3. The highest BCUT2D eigenvalue weighted by Gasteiger charge is 2.46. The fourth-order valence-corrected chi connectivity index (χ4v) is 3.00. The summed E-state index contributed by atoms with van der Waals surface area (Å²) in [6.45, 7) is 0.757. The van der Waals surface area contributed by atoms with Gasteiger partial charge < -0.3 is 24.8 Å². The number of terminal acetylenes is 1. The molecule has 0 aromatic heterocycles. The van der Waals surface area contributed by atoms with Gasteiger partial charge in [0.15, 0.2) is 10.9 Å². The molecular weight excluding hydrogens is 353 g/mol. The van der Waals surface area contributed by atoms with E-state index in [-0.39, 0.29) is 23.5 Å². The first-order chi connectivity index (χ1) is 11.7. The van der Waals surface area contributed by atoms with E-state index >= 15 is 0 Å². The Balaban J connectivity index is 1.93. The minimum atomic E-state index is -3.51. The third-order valence-corrected chi connectivity index (χ3v) is 4.74. The molecule has 0 aliphatic carbocycles. The Morgan fingerprint density at radius 1 is 1.36 bits per heavy atom. The number of rotatable bonds is 2. The smallest absolute Gasteiger partial charge is 0.419 e. The van der Waals surface area contributed by atoms with Gasteiger partial charge in [0.05, 0.1) is 24.7 Å². The van der Waals surface area contributed by atoms with Crippen LogP contribution in [-0.4, -0.2) is 54.5 Å². The van der Waals surface area contributed by atoms with Crippen molar-refractivity contribution in [1.29, 1.82) is 0 Å². The van der Waals surface area contributed by atoms with Gasteiger partial charge in [-0.25, -0.2) is 4.39 Å². The average Bonchev–Trinajstić information content (AvgIpc) is 2.52. The third-order valence-electron chi connectivity index (χ3n) is 4.11. The molecule has 3 rings (SSSR count). The van der Waals surface area contributed by atoms with Gasteiger partial charge in [-0.15, -0.1) is 12.3 Å². The van der Waals surface area contributed by atoms with Crippen LogP contribution in [-0.2, 0) is 0 Å². The van der Waals surface area contributed by atoms with Crippen molar-refractivity contribution in [2.45, 2.75) is 18.6 Å². The molecule has 0 radical (unpaired) electrons. The molecular formula is C16H17F3N4OS. The van der Waals surface area contributed by atoms with Gasteiger partial charge in [-0.1, -0.05) is 0 Å². The molecule has 134 valence electrons. The normalized spacial score (nSPS) is 22.0. The van der Waals surface area contributed by atoms with Crippen LogP contribution in [0, 0.1) is 18.2 Å². The summed E-state index contributed by atoms with van der Waals surface area (Å²) in [5, 5.41) is 3.31. The Hall–Kier alpha value is -2.34. The van der Waals surface area contributed by atoms with E-state index in [1.165, 1.54) is 6.07 Å². The molecule has 2 aliphatic rings. The number of nitrogens with zero attached hydrogens (tertiary/aromatic N) is 3. The third kappa shape index (κ3) is 3.14. The van der Waals surface area contributed by atoms with Crippen molar-refractivity contribution in [3.8, 4) is 18.1 Å². The molecule has 1 saturated heterocycles. The molecule has 1 atom stereocenters. The number of nitrogens with one attached hydrogen (secondary N) is 1. The molecule has 1 unspecified atom stereocenters. The average molecular weight is 370 g/mol. The lowest BCUT2D eigenvalue weighted by atomic mass is 10.1. The minimum absolute atomic E-state index is 0.220. The maximum atomic E-state index is 14.5. The minimum Gasteiger partial charge on any atom is -0.429 e. The highest BCUT2D eigenvalue weighted by atomic mass is 32.1. The summed E-state index contributed by atoms with van der Waals surface area (Å²) in [6.07, 6.45) is 1.42. The van der Waals surface area contributed by atoms with Crippen molar-refractivity contribution in [3.63, 3.8) is 0 Å². The number of alkyl halides is 2. The van der Waals surface area contributed by atoms with E-state index in [0.717, 1.165) is 6.07 Å². The van der Waals surface area contributed by atoms with Crippen LogP contribution >= 0.6 is 12.2 Å². The largest absolute Gasteiger partial charge is 0.429 e. The van der Waals surface area contributed by atoms with Crippen molar-refractivity contribution in [1.82, 2.24) is 9.80 Å². The van der Waals surface area contributed by atoms with Crippen molar-refractivity contribution in [2.24, 2.45) is 0 Å². The van der Waals surface area contributed by atoms with Crippen molar-refractivity contribution in [3.05, 3.63) is 17.9 Å². The summed E-state index contributed by atoms with van der Waals surface area (Å²) in [6, 6.07) is 1.05. The fraction of sp³-hybridized carbons (Fsp3) is 0.438. The number of hydrogen-bond acceptors (Lipinski definition) is 4. The standard InChI is InChI=1S/C16H17F3N4OS/c1-4-5-14-16(18,19)24-13-6-10(17)12(7-11(13)20-14)23-8-21(2)15(25)22(3)9-23/h1,6-7,14,20H,5,8-9H2,2-3H3. The van der Waals surface area contributed by atoms with Gasteiger partial charge in [0, 0.05) is 26.6 Å². The Labute approximate surface area is 149 Å². The Morgan fingerprint density at radius 2 is 2.00 bits per heavy atom. The van der Waals surface area contributed by atoms with Gasteiger partial charge in [-0.3, -0.25) is 0 Å². The van der Waals surface area contributed by atoms with Gasteiger partial charge in [0.2, 0.25) is 0 Å². The van der Waals surface area contributed by atoms with E-state index in [9.17, 15) is 13.2 Å². The summed E-state index contributed by atoms with van der Waals surface area (Å²) in [5.74, 6) is 1.30. The van der Waals surface area contributed by atoms with Gasteiger partial charge in [-0.05, 0) is 18.3 Å². The summed E-state index contributed by atoms with van der Waals surface area (Å²) in [5.41, 5.74) is 0.543. The first kappa shape index (κ1) is 17.5. The molecule has 0 saturated carbocycles. The molecule has 1 N–H and O–H groups in total. The van der Waals surface area contributed by atoms with E-state index in [1.807, 2.05) is 0 Å². The second-order valence-electron chi connectivity index (χ2n) is 6.07. The van der Waals surface area contributed by atoms with E-state index in [4.69, 9.17) is 18.6 Å². The zero-order valence-electron chi connectivity index (χ0n) is 13.7. The molecule has 2 heterocycles. The number of hydrogen-bond donors (Lipinski definition) is 1. The zero-order chi connectivity index (χ0) is 18.4. The summed E-state index contributed by atoms with van der Waals surface area (Å²) in [4.78, 5) is 5.32. The molecule has 0 bridgehead atoms. The topological polar surface area (TPSA) is 31.0 Å². The van der Waals surface area contributed by atoms with Crippen LogP contribution in [0.25, 0.3) is 0 Å². The maximum absolute atomic E-state index is 14.5. The molecule has 0 spiro atoms. The zero-order valence-corrected chi connectivity index (χ0v) is 14.5. The Kier molecular flexibility index (Phi) is 4.33. The van der Waals surface area contributed by atoms with Gasteiger partial charge in [0.1, 0.15) is 11.9 Å². The predicted molar refractivity (Wildman–Crippen MR) is 93.2 cm³/mol. The van der Waals surface area contributed by atoms with E-state index in [1.54, 1.807) is 28.8 Å². The predicted octanol–water partition coefficient (Wildman–Crippen LogP) is 2.50. The number of anilines is 2. The molecule has 0 amide bonds. The molecule has 9 heteroatoms. The van der Waals surface area contributed by atoms with Crippen molar-refractivity contribution < 1.29 is 17.9 Å². The van der Waals surface area contributed by atoms with Crippen LogP contribution in [0.2, 0.25) is 0 Å². The quantitative estimate of drug-likeness (QED) is 0.636. The lowest BCUT2D eigenvalue weighted by Gasteiger charge is -2.42. The number of thiocarbonyl (C=S) groups is 1. The summed E-state index contributed by atoms with van der Waals surface area (Å²) in [7, 11) is 3.60. The van der Waals surface area contributed by atoms with E-state index in [2.05, 4.69) is 16.0 Å². The first-order valence-corrected chi connectivity index (χ1v) is 7.95. The van der Waals surface area contributed by atoms with Crippen LogP contribution in [0.1, 0.15) is 6.42 Å². The maximum Gasteiger partial charge on any atom is 0.419 e. The SMILES string of the molecule is C#CCC1Nc2cc(N3CN(C)C(=S)N(C)C3)c(F)cc2OC1(F)F. The molecule has 25 heavy (non-hydrogen) atoms. The number of ether oxygens (including phenoxy) is 1. The van der Waals surface area contributed by atoms with Gasteiger partial charge in [-0.2, -0.15) is 8.78 Å². The monoisotopic (exact) mass is 370 g/mol. The molecule has 1 aromatic carbocycles. The van der Waals surface area contributed by atoms with Crippen LogP contribution < -0.4 is 15.0 Å². The van der Waals surface area contributed by atoms with Crippen molar-refractivity contribution in [2.75, 3.05) is 37.6 Å². The molecule has 1 aromatic rings. The van der Waals surface area contributed by atoms with Crippen LogP contribution in [0.5, 0.6) is 5.75 Å². The Bertz CT molecular complexity index is 738. The molecule has 1 fully saturated rings. The number of fused-ring (bicyclic) bond motifs is 1. The van der Waals surface area contributed by atoms with Crippen LogP contribution in [0.3, 0.4) is 0 Å². The highest BCUT2D eigenvalue weighted by molar-refractivity contribution is 7.80. The van der Waals surface area contributed by atoms with Gasteiger partial charge >= 0.3 is 6.11 Å². The fourth-order valence-electron chi connectivity index (χ4n) is 2.88. The van der Waals surface area contributed by atoms with Crippen molar-refractivity contribution >= 4 is 28.7 Å². The summed E-state index contributed by atoms with van der Waals surface area (Å²) < 4.78 is 47.0. The molecule has 5 nitrogen and oxygen atoms in total. The first-order valence-electron chi connectivity index (χ1n) is 7.54. The van der Waals surface area contributed by atoms with Gasteiger partial charge in [0.25, 0.3) is 0 Å². The van der Waals surface area contributed by atoms with E-state index < -0.39 is 18.0 Å². The second-order valence-corrected chi connectivity index (χ2v) is 6.44. The lowest BCUT2D eigenvalue weighted by Crippen LogP contribution is -2.55.